The second-order valence-electron chi connectivity index (χ2n) is 5.84. The Labute approximate surface area is 105 Å². The molecule has 102 valence electrons. The summed E-state index contributed by atoms with van der Waals surface area (Å²) in [5, 5.41) is 10.3. The minimum Gasteiger partial charge on any atom is -0.388 e. The molecular weight excluding hydrogens is 216 g/mol. The van der Waals surface area contributed by atoms with Crippen molar-refractivity contribution in [3.05, 3.63) is 0 Å². The van der Waals surface area contributed by atoms with Gasteiger partial charge in [-0.2, -0.15) is 0 Å². The zero-order chi connectivity index (χ0) is 12.9. The summed E-state index contributed by atoms with van der Waals surface area (Å²) in [5.74, 6) is 0. The zero-order valence-corrected chi connectivity index (χ0v) is 11.8. The quantitative estimate of drug-likeness (QED) is 0.781. The van der Waals surface area contributed by atoms with E-state index in [1.54, 1.807) is 0 Å². The van der Waals surface area contributed by atoms with E-state index >= 15 is 0 Å². The summed E-state index contributed by atoms with van der Waals surface area (Å²) in [6, 6.07) is 0. The lowest BCUT2D eigenvalue weighted by Crippen LogP contribution is -2.51. The minimum absolute atomic E-state index is 0.376. The second kappa shape index (κ2) is 6.17. The first-order chi connectivity index (χ1) is 7.96. The lowest BCUT2D eigenvalue weighted by molar-refractivity contribution is -0.167. The number of hydrogen-bond donors (Lipinski definition) is 1. The van der Waals surface area contributed by atoms with Gasteiger partial charge < -0.3 is 14.6 Å². The first kappa shape index (κ1) is 14.9. The van der Waals surface area contributed by atoms with Gasteiger partial charge in [-0.3, -0.25) is 0 Å². The molecule has 1 rings (SSSR count). The van der Waals surface area contributed by atoms with Gasteiger partial charge in [0, 0.05) is 13.2 Å². The molecule has 0 bridgehead atoms. The fourth-order valence-corrected chi connectivity index (χ4v) is 2.59. The molecule has 1 saturated carbocycles. The molecule has 1 fully saturated rings. The van der Waals surface area contributed by atoms with Gasteiger partial charge >= 0.3 is 0 Å². The van der Waals surface area contributed by atoms with Crippen molar-refractivity contribution in [1.82, 2.24) is 0 Å². The first-order valence-electron chi connectivity index (χ1n) is 6.85. The van der Waals surface area contributed by atoms with Crippen molar-refractivity contribution in [1.29, 1.82) is 0 Å². The molecule has 0 amide bonds. The molecule has 1 unspecified atom stereocenters. The SMILES string of the molecule is CCOCC(O)C1(OCC)CCC(C)(C)CC1. The summed E-state index contributed by atoms with van der Waals surface area (Å²) in [6.07, 6.45) is 3.58. The van der Waals surface area contributed by atoms with Crippen LogP contribution in [0.15, 0.2) is 0 Å². The Balaban J connectivity index is 2.63. The van der Waals surface area contributed by atoms with Gasteiger partial charge in [0.1, 0.15) is 6.10 Å². The summed E-state index contributed by atoms with van der Waals surface area (Å²) in [5.41, 5.74) is 0.00533. The van der Waals surface area contributed by atoms with Crippen molar-refractivity contribution in [2.45, 2.75) is 65.1 Å². The molecule has 17 heavy (non-hydrogen) atoms. The monoisotopic (exact) mass is 244 g/mol. The van der Waals surface area contributed by atoms with E-state index in [1.807, 2.05) is 13.8 Å². The van der Waals surface area contributed by atoms with E-state index in [1.165, 1.54) is 0 Å². The molecule has 1 aliphatic carbocycles. The number of rotatable bonds is 6. The van der Waals surface area contributed by atoms with Crippen molar-refractivity contribution in [2.75, 3.05) is 19.8 Å². The van der Waals surface area contributed by atoms with Crippen LogP contribution in [0.2, 0.25) is 0 Å². The van der Waals surface area contributed by atoms with Crippen molar-refractivity contribution < 1.29 is 14.6 Å². The smallest absolute Gasteiger partial charge is 0.106 e. The van der Waals surface area contributed by atoms with E-state index in [4.69, 9.17) is 9.47 Å². The van der Waals surface area contributed by atoms with Crippen LogP contribution >= 0.6 is 0 Å². The van der Waals surface area contributed by atoms with E-state index < -0.39 is 6.10 Å². The highest BCUT2D eigenvalue weighted by Crippen LogP contribution is 2.43. The van der Waals surface area contributed by atoms with E-state index in [9.17, 15) is 5.11 Å². The van der Waals surface area contributed by atoms with Crippen LogP contribution in [0, 0.1) is 5.41 Å². The van der Waals surface area contributed by atoms with Crippen LogP contribution in [0.25, 0.3) is 0 Å². The molecule has 0 spiro atoms. The molecule has 0 saturated heterocycles. The normalized spacial score (nSPS) is 24.5. The Kier molecular flexibility index (Phi) is 5.42. The Morgan fingerprint density at radius 2 is 1.65 bits per heavy atom. The summed E-state index contributed by atoms with van der Waals surface area (Å²) < 4.78 is 11.2. The Bertz CT molecular complexity index is 216. The van der Waals surface area contributed by atoms with Gasteiger partial charge in [0.05, 0.1) is 12.2 Å². The van der Waals surface area contributed by atoms with E-state index in [0.29, 0.717) is 25.2 Å². The highest BCUT2D eigenvalue weighted by molar-refractivity contribution is 4.95. The van der Waals surface area contributed by atoms with Crippen LogP contribution in [-0.2, 0) is 9.47 Å². The predicted molar refractivity (Wildman–Crippen MR) is 69.1 cm³/mol. The fourth-order valence-electron chi connectivity index (χ4n) is 2.59. The molecule has 0 aliphatic heterocycles. The van der Waals surface area contributed by atoms with E-state index in [2.05, 4.69) is 13.8 Å². The molecule has 1 N–H and O–H groups in total. The maximum absolute atomic E-state index is 10.3. The average Bonchev–Trinajstić information content (AvgIpc) is 2.29. The summed E-state index contributed by atoms with van der Waals surface area (Å²) >= 11 is 0. The Morgan fingerprint density at radius 3 is 2.12 bits per heavy atom. The zero-order valence-electron chi connectivity index (χ0n) is 11.8. The number of aliphatic hydroxyl groups excluding tert-OH is 1. The van der Waals surface area contributed by atoms with E-state index in [-0.39, 0.29) is 5.60 Å². The highest BCUT2D eigenvalue weighted by Gasteiger charge is 2.44. The summed E-state index contributed by atoms with van der Waals surface area (Å²) in [7, 11) is 0. The first-order valence-corrected chi connectivity index (χ1v) is 6.85. The fraction of sp³-hybridized carbons (Fsp3) is 1.00. The molecule has 3 heteroatoms. The summed E-state index contributed by atoms with van der Waals surface area (Å²) in [6.45, 7) is 10.2. The standard InChI is InChI=1S/C14H28O3/c1-5-16-11-12(15)14(17-6-2)9-7-13(3,4)8-10-14/h12,15H,5-11H2,1-4H3. The lowest BCUT2D eigenvalue weighted by atomic mass is 9.69. The third kappa shape index (κ3) is 3.94. The predicted octanol–water partition coefficient (Wildman–Crippen LogP) is 2.76. The minimum atomic E-state index is -0.501. The highest BCUT2D eigenvalue weighted by atomic mass is 16.5. The van der Waals surface area contributed by atoms with Crippen LogP contribution in [-0.4, -0.2) is 36.6 Å². The second-order valence-corrected chi connectivity index (χ2v) is 5.84. The van der Waals surface area contributed by atoms with Gasteiger partial charge in [-0.15, -0.1) is 0 Å². The Hall–Kier alpha value is -0.120. The van der Waals surface area contributed by atoms with Crippen molar-refractivity contribution in [3.8, 4) is 0 Å². The number of ether oxygens (including phenoxy) is 2. The van der Waals surface area contributed by atoms with Crippen LogP contribution in [0.5, 0.6) is 0 Å². The van der Waals surface area contributed by atoms with Gasteiger partial charge in [0.25, 0.3) is 0 Å². The third-order valence-electron chi connectivity index (χ3n) is 3.97. The molecule has 1 aliphatic rings. The van der Waals surface area contributed by atoms with Gasteiger partial charge in [-0.25, -0.2) is 0 Å². The van der Waals surface area contributed by atoms with Crippen LogP contribution in [0.4, 0.5) is 0 Å². The maximum Gasteiger partial charge on any atom is 0.106 e. The van der Waals surface area contributed by atoms with E-state index in [0.717, 1.165) is 25.7 Å². The van der Waals surface area contributed by atoms with Crippen molar-refractivity contribution >= 4 is 0 Å². The molecule has 3 nitrogen and oxygen atoms in total. The Morgan fingerprint density at radius 1 is 1.06 bits per heavy atom. The van der Waals surface area contributed by atoms with Crippen LogP contribution in [0.1, 0.15) is 53.4 Å². The molecular formula is C14H28O3. The van der Waals surface area contributed by atoms with Crippen molar-refractivity contribution in [3.63, 3.8) is 0 Å². The van der Waals surface area contributed by atoms with Crippen molar-refractivity contribution in [2.24, 2.45) is 5.41 Å². The van der Waals surface area contributed by atoms with Gasteiger partial charge in [0.15, 0.2) is 0 Å². The molecule has 0 aromatic rings. The molecule has 0 radical (unpaired) electrons. The largest absolute Gasteiger partial charge is 0.388 e. The average molecular weight is 244 g/mol. The third-order valence-corrected chi connectivity index (χ3v) is 3.97. The van der Waals surface area contributed by atoms with Crippen LogP contribution < -0.4 is 0 Å². The topological polar surface area (TPSA) is 38.7 Å². The lowest BCUT2D eigenvalue weighted by Gasteiger charge is -2.45. The molecule has 0 aromatic carbocycles. The molecule has 0 heterocycles. The van der Waals surface area contributed by atoms with Gasteiger partial charge in [-0.05, 0) is 44.9 Å². The van der Waals surface area contributed by atoms with Crippen LogP contribution in [0.3, 0.4) is 0 Å². The van der Waals surface area contributed by atoms with Gasteiger partial charge in [0.2, 0.25) is 0 Å². The number of hydrogen-bond acceptors (Lipinski definition) is 3. The summed E-state index contributed by atoms with van der Waals surface area (Å²) in [4.78, 5) is 0. The maximum atomic E-state index is 10.3. The number of aliphatic hydroxyl groups is 1. The molecule has 0 aromatic heterocycles. The van der Waals surface area contributed by atoms with Gasteiger partial charge in [-0.1, -0.05) is 13.8 Å². The molecule has 1 atom stereocenters.